The quantitative estimate of drug-likeness (QED) is 0.391. The van der Waals surface area contributed by atoms with Crippen molar-refractivity contribution in [3.63, 3.8) is 0 Å². The summed E-state index contributed by atoms with van der Waals surface area (Å²) < 4.78 is 25.1. The molecule has 0 aliphatic carbocycles. The topological polar surface area (TPSA) is 82.3 Å². The van der Waals surface area contributed by atoms with E-state index >= 15 is 0 Å². The number of ether oxygens (including phenoxy) is 1. The van der Waals surface area contributed by atoms with Crippen LogP contribution in [0.5, 0.6) is 5.75 Å². The van der Waals surface area contributed by atoms with Crippen LogP contribution in [-0.2, 0) is 0 Å². The summed E-state index contributed by atoms with van der Waals surface area (Å²) in [7, 11) is 0. The summed E-state index contributed by atoms with van der Waals surface area (Å²) in [5, 5.41) is 3.88. The van der Waals surface area contributed by atoms with Crippen LogP contribution in [0.25, 0.3) is 11.4 Å². The van der Waals surface area contributed by atoms with Gasteiger partial charge in [-0.3, -0.25) is 9.59 Å². The molecule has 150 valence electrons. The Morgan fingerprint density at radius 2 is 1.93 bits per heavy atom. The Labute approximate surface area is 167 Å². The van der Waals surface area contributed by atoms with E-state index in [0.717, 1.165) is 0 Å². The molecule has 0 fully saturated rings. The zero-order chi connectivity index (χ0) is 21.0. The summed E-state index contributed by atoms with van der Waals surface area (Å²) in [5.74, 6) is 0.368. The summed E-state index contributed by atoms with van der Waals surface area (Å²) in [6.45, 7) is 5.61. The van der Waals surface area contributed by atoms with Crippen molar-refractivity contribution in [1.29, 1.82) is 0 Å². The van der Waals surface area contributed by atoms with Crippen LogP contribution in [0, 0.1) is 11.7 Å². The lowest BCUT2D eigenvalue weighted by Gasteiger charge is -2.14. The monoisotopic (exact) mass is 396 g/mol. The van der Waals surface area contributed by atoms with Crippen molar-refractivity contribution in [2.24, 2.45) is 5.92 Å². The Hall–Kier alpha value is -3.35. The molecule has 3 aromatic rings. The molecule has 1 aromatic heterocycles. The number of carbonyl (C=O) groups is 2. The molecule has 0 saturated heterocycles. The standard InChI is InChI=1S/C22H21FN2O4/c1-4-19(28-17-9-7-14(8-10-17)20(27)13(2)3)22-24-21(25-29-22)15-5-6-16(12-26)18(23)11-15/h5-13,19H,4H2,1-3H3. The Bertz CT molecular complexity index is 1010. The molecule has 1 heterocycles. The van der Waals surface area contributed by atoms with Gasteiger partial charge in [0.1, 0.15) is 11.6 Å². The number of Topliss-reactive ketones (excluding diaryl/α,β-unsaturated/α-hetero) is 1. The maximum absolute atomic E-state index is 13.8. The van der Waals surface area contributed by atoms with Crippen LogP contribution in [0.15, 0.2) is 47.0 Å². The van der Waals surface area contributed by atoms with Crippen LogP contribution in [-0.4, -0.2) is 22.2 Å². The molecule has 1 unspecified atom stereocenters. The smallest absolute Gasteiger partial charge is 0.268 e. The van der Waals surface area contributed by atoms with E-state index in [1.54, 1.807) is 30.3 Å². The van der Waals surface area contributed by atoms with Gasteiger partial charge in [0.15, 0.2) is 18.2 Å². The molecule has 0 aliphatic rings. The molecule has 0 bridgehead atoms. The van der Waals surface area contributed by atoms with E-state index in [1.165, 1.54) is 12.1 Å². The minimum atomic E-state index is -0.650. The van der Waals surface area contributed by atoms with Crippen molar-refractivity contribution in [3.05, 3.63) is 65.3 Å². The second-order valence-electron chi connectivity index (χ2n) is 6.87. The van der Waals surface area contributed by atoms with Gasteiger partial charge < -0.3 is 9.26 Å². The first kappa shape index (κ1) is 20.4. The van der Waals surface area contributed by atoms with Gasteiger partial charge >= 0.3 is 0 Å². The number of benzene rings is 2. The second-order valence-corrected chi connectivity index (χ2v) is 6.87. The lowest BCUT2D eigenvalue weighted by Crippen LogP contribution is -2.09. The zero-order valence-corrected chi connectivity index (χ0v) is 16.4. The van der Waals surface area contributed by atoms with Crippen LogP contribution in [0.3, 0.4) is 0 Å². The van der Waals surface area contributed by atoms with E-state index in [9.17, 15) is 14.0 Å². The number of aldehydes is 1. The number of rotatable bonds is 8. The number of aromatic nitrogens is 2. The minimum Gasteiger partial charge on any atom is -0.481 e. The molecule has 6 nitrogen and oxygen atoms in total. The molecule has 0 saturated carbocycles. The zero-order valence-electron chi connectivity index (χ0n) is 16.4. The molecule has 1 atom stereocenters. The third-order valence-electron chi connectivity index (χ3n) is 4.42. The van der Waals surface area contributed by atoms with Gasteiger partial charge in [0.2, 0.25) is 5.82 Å². The maximum atomic E-state index is 13.8. The molecule has 29 heavy (non-hydrogen) atoms. The number of nitrogens with zero attached hydrogens (tertiary/aromatic N) is 2. The Kier molecular flexibility index (Phi) is 6.16. The molecular weight excluding hydrogens is 375 g/mol. The van der Waals surface area contributed by atoms with Gasteiger partial charge in [0.25, 0.3) is 5.89 Å². The third kappa shape index (κ3) is 4.56. The van der Waals surface area contributed by atoms with E-state index in [4.69, 9.17) is 9.26 Å². The predicted molar refractivity (Wildman–Crippen MR) is 104 cm³/mol. The van der Waals surface area contributed by atoms with Gasteiger partial charge in [-0.25, -0.2) is 4.39 Å². The summed E-state index contributed by atoms with van der Waals surface area (Å²) in [5.41, 5.74) is 0.988. The van der Waals surface area contributed by atoms with Crippen molar-refractivity contribution >= 4 is 12.1 Å². The average molecular weight is 396 g/mol. The maximum Gasteiger partial charge on any atom is 0.268 e. The molecule has 7 heteroatoms. The summed E-state index contributed by atoms with van der Waals surface area (Å²) in [4.78, 5) is 27.1. The Morgan fingerprint density at radius 1 is 1.21 bits per heavy atom. The van der Waals surface area contributed by atoms with E-state index in [2.05, 4.69) is 10.1 Å². The first-order valence-corrected chi connectivity index (χ1v) is 9.32. The molecule has 0 aliphatic heterocycles. The average Bonchev–Trinajstić information content (AvgIpc) is 3.21. The molecule has 0 amide bonds. The lowest BCUT2D eigenvalue weighted by atomic mass is 10.0. The van der Waals surface area contributed by atoms with Crippen LogP contribution >= 0.6 is 0 Å². The number of hydrogen-bond acceptors (Lipinski definition) is 6. The van der Waals surface area contributed by atoms with Crippen molar-refractivity contribution in [2.75, 3.05) is 0 Å². The normalized spacial score (nSPS) is 12.0. The second kappa shape index (κ2) is 8.77. The van der Waals surface area contributed by atoms with E-state index < -0.39 is 11.9 Å². The minimum absolute atomic E-state index is 0.0355. The van der Waals surface area contributed by atoms with Gasteiger partial charge in [0.05, 0.1) is 5.56 Å². The van der Waals surface area contributed by atoms with Crippen LogP contribution in [0.2, 0.25) is 0 Å². The summed E-state index contributed by atoms with van der Waals surface area (Å²) in [6, 6.07) is 11.0. The number of halogens is 1. The fourth-order valence-electron chi connectivity index (χ4n) is 2.75. The fraction of sp³-hybridized carbons (Fsp3) is 0.273. The van der Waals surface area contributed by atoms with Gasteiger partial charge in [-0.2, -0.15) is 4.98 Å². The van der Waals surface area contributed by atoms with Crippen LogP contribution < -0.4 is 4.74 Å². The van der Waals surface area contributed by atoms with E-state index in [-0.39, 0.29) is 29.0 Å². The van der Waals surface area contributed by atoms with Gasteiger partial charge in [0, 0.05) is 17.0 Å². The van der Waals surface area contributed by atoms with Crippen LogP contribution in [0.4, 0.5) is 4.39 Å². The number of hydrogen-bond donors (Lipinski definition) is 0. The first-order chi connectivity index (χ1) is 13.9. The number of ketones is 1. The van der Waals surface area contributed by atoms with Crippen molar-refractivity contribution < 1.29 is 23.2 Å². The van der Waals surface area contributed by atoms with Crippen LogP contribution in [0.1, 0.15) is 59.9 Å². The molecule has 0 spiro atoms. The highest BCUT2D eigenvalue weighted by molar-refractivity contribution is 5.97. The lowest BCUT2D eigenvalue weighted by molar-refractivity contribution is 0.0939. The SMILES string of the molecule is CCC(Oc1ccc(C(=O)C(C)C)cc1)c1nc(-c2ccc(C=O)c(F)c2)no1. The van der Waals surface area contributed by atoms with Gasteiger partial charge in [-0.1, -0.05) is 32.0 Å². The van der Waals surface area contributed by atoms with Crippen molar-refractivity contribution in [1.82, 2.24) is 10.1 Å². The van der Waals surface area contributed by atoms with Gasteiger partial charge in [-0.15, -0.1) is 0 Å². The molecular formula is C22H21FN2O4. The van der Waals surface area contributed by atoms with Crippen molar-refractivity contribution in [3.8, 4) is 17.1 Å². The highest BCUT2D eigenvalue weighted by Gasteiger charge is 2.21. The molecule has 0 N–H and O–H groups in total. The highest BCUT2D eigenvalue weighted by Crippen LogP contribution is 2.27. The van der Waals surface area contributed by atoms with Crippen molar-refractivity contribution in [2.45, 2.75) is 33.3 Å². The fourth-order valence-corrected chi connectivity index (χ4v) is 2.75. The first-order valence-electron chi connectivity index (χ1n) is 9.32. The van der Waals surface area contributed by atoms with Gasteiger partial charge in [-0.05, 0) is 42.8 Å². The Balaban J connectivity index is 1.76. The van der Waals surface area contributed by atoms with E-state index in [1.807, 2.05) is 20.8 Å². The third-order valence-corrected chi connectivity index (χ3v) is 4.42. The largest absolute Gasteiger partial charge is 0.481 e. The molecule has 2 aromatic carbocycles. The summed E-state index contributed by atoms with van der Waals surface area (Å²) >= 11 is 0. The van der Waals surface area contributed by atoms with E-state index in [0.29, 0.717) is 29.6 Å². The number of carbonyl (C=O) groups excluding carboxylic acids is 2. The summed E-state index contributed by atoms with van der Waals surface area (Å²) in [6.07, 6.45) is 0.510. The Morgan fingerprint density at radius 3 is 2.52 bits per heavy atom. The highest BCUT2D eigenvalue weighted by atomic mass is 19.1. The predicted octanol–water partition coefficient (Wildman–Crippen LogP) is 5.06. The molecule has 0 radical (unpaired) electrons. The molecule has 3 rings (SSSR count).